The van der Waals surface area contributed by atoms with E-state index in [4.69, 9.17) is 0 Å². The largest absolute Gasteiger partial charge is 0.416 e. The molecule has 1 aliphatic rings. The molecule has 0 bridgehead atoms. The molecule has 1 fully saturated rings. The molecule has 1 aliphatic heterocycles. The fraction of sp³-hybridized carbons (Fsp3) is 0.500. The molecule has 1 heterocycles. The minimum atomic E-state index is -4.32. The van der Waals surface area contributed by atoms with E-state index in [1.54, 1.807) is 12.1 Å². The van der Waals surface area contributed by atoms with E-state index in [-0.39, 0.29) is 30.9 Å². The standard InChI is InChI=1S/C16H21F3N2.2ClH/c1-12(2)11-15(21-9-7-20-8-10-21)13-5-3-4-6-14(13)16(17,18)19;;/h3-6,15,20H,1,7-11H2,2H3;2*1H/t15-;;/m1../s1. The van der Waals surface area contributed by atoms with Crippen molar-refractivity contribution in [3.8, 4) is 0 Å². The van der Waals surface area contributed by atoms with E-state index in [1.165, 1.54) is 12.1 Å². The van der Waals surface area contributed by atoms with Crippen molar-refractivity contribution in [2.75, 3.05) is 26.2 Å². The summed E-state index contributed by atoms with van der Waals surface area (Å²) >= 11 is 0. The van der Waals surface area contributed by atoms with Gasteiger partial charge in [-0.1, -0.05) is 23.8 Å². The zero-order chi connectivity index (χ0) is 15.5. The highest BCUT2D eigenvalue weighted by Crippen LogP contribution is 2.38. The molecular formula is C16H23Cl2F3N2. The lowest BCUT2D eigenvalue weighted by Gasteiger charge is -2.36. The summed E-state index contributed by atoms with van der Waals surface area (Å²) in [6.45, 7) is 8.87. The topological polar surface area (TPSA) is 15.3 Å². The van der Waals surface area contributed by atoms with E-state index in [1.807, 2.05) is 6.92 Å². The van der Waals surface area contributed by atoms with Crippen molar-refractivity contribution in [1.82, 2.24) is 10.2 Å². The maximum atomic E-state index is 13.3. The number of piperazine rings is 1. The Morgan fingerprint density at radius 1 is 1.22 bits per heavy atom. The summed E-state index contributed by atoms with van der Waals surface area (Å²) in [5.74, 6) is 0. The van der Waals surface area contributed by atoms with Gasteiger partial charge in [-0.25, -0.2) is 0 Å². The van der Waals surface area contributed by atoms with Gasteiger partial charge in [-0.3, -0.25) is 4.90 Å². The molecule has 0 saturated carbocycles. The van der Waals surface area contributed by atoms with Crippen LogP contribution in [-0.2, 0) is 6.18 Å². The highest BCUT2D eigenvalue weighted by atomic mass is 35.5. The van der Waals surface area contributed by atoms with Crippen LogP contribution in [-0.4, -0.2) is 31.1 Å². The first-order chi connectivity index (χ1) is 9.89. The van der Waals surface area contributed by atoms with Gasteiger partial charge in [0.2, 0.25) is 0 Å². The number of benzene rings is 1. The normalized spacial score (nSPS) is 16.9. The van der Waals surface area contributed by atoms with Crippen molar-refractivity contribution < 1.29 is 13.2 Å². The summed E-state index contributed by atoms with van der Waals surface area (Å²) in [7, 11) is 0. The summed E-state index contributed by atoms with van der Waals surface area (Å²) in [6, 6.07) is 5.63. The van der Waals surface area contributed by atoms with Gasteiger partial charge in [0.15, 0.2) is 0 Å². The third-order valence-corrected chi connectivity index (χ3v) is 3.76. The van der Waals surface area contributed by atoms with Gasteiger partial charge in [-0.15, -0.1) is 31.4 Å². The Morgan fingerprint density at radius 3 is 2.30 bits per heavy atom. The van der Waals surface area contributed by atoms with Crippen LogP contribution >= 0.6 is 24.8 Å². The third kappa shape index (κ3) is 5.99. The van der Waals surface area contributed by atoms with E-state index < -0.39 is 11.7 Å². The van der Waals surface area contributed by atoms with Crippen molar-refractivity contribution in [3.05, 3.63) is 47.5 Å². The second kappa shape index (κ2) is 9.52. The fourth-order valence-electron chi connectivity index (χ4n) is 2.81. The van der Waals surface area contributed by atoms with E-state index in [9.17, 15) is 13.2 Å². The molecular weight excluding hydrogens is 348 g/mol. The van der Waals surface area contributed by atoms with Crippen LogP contribution in [0.1, 0.15) is 30.5 Å². The van der Waals surface area contributed by atoms with Gasteiger partial charge in [-0.05, 0) is 25.0 Å². The number of rotatable bonds is 4. The lowest BCUT2D eigenvalue weighted by atomic mass is 9.93. The van der Waals surface area contributed by atoms with Gasteiger partial charge in [-0.2, -0.15) is 13.2 Å². The Balaban J connectivity index is 0.00000242. The van der Waals surface area contributed by atoms with Crippen LogP contribution in [0.4, 0.5) is 13.2 Å². The van der Waals surface area contributed by atoms with E-state index >= 15 is 0 Å². The number of alkyl halides is 3. The summed E-state index contributed by atoms with van der Waals surface area (Å²) in [4.78, 5) is 2.12. The fourth-order valence-corrected chi connectivity index (χ4v) is 2.81. The molecule has 0 aromatic heterocycles. The maximum absolute atomic E-state index is 13.3. The summed E-state index contributed by atoms with van der Waals surface area (Å²) < 4.78 is 39.8. The van der Waals surface area contributed by atoms with Crippen molar-refractivity contribution >= 4 is 24.8 Å². The van der Waals surface area contributed by atoms with Crippen molar-refractivity contribution in [2.24, 2.45) is 0 Å². The Bertz CT molecular complexity index is 500. The Hall–Kier alpha value is -0.750. The molecule has 0 aliphatic carbocycles. The van der Waals surface area contributed by atoms with Crippen LogP contribution < -0.4 is 5.32 Å². The smallest absolute Gasteiger partial charge is 0.314 e. The van der Waals surface area contributed by atoms with Crippen molar-refractivity contribution in [3.63, 3.8) is 0 Å². The van der Waals surface area contributed by atoms with Crippen LogP contribution in [0.3, 0.4) is 0 Å². The average molecular weight is 371 g/mol. The molecule has 2 rings (SSSR count). The highest BCUT2D eigenvalue weighted by Gasteiger charge is 2.36. The van der Waals surface area contributed by atoms with E-state index in [0.29, 0.717) is 12.0 Å². The molecule has 132 valence electrons. The molecule has 7 heteroatoms. The molecule has 1 saturated heterocycles. The minimum absolute atomic E-state index is 0. The van der Waals surface area contributed by atoms with E-state index in [0.717, 1.165) is 31.8 Å². The summed E-state index contributed by atoms with van der Waals surface area (Å²) in [5.41, 5.74) is 0.722. The second-order valence-corrected chi connectivity index (χ2v) is 5.55. The number of nitrogens with zero attached hydrogens (tertiary/aromatic N) is 1. The van der Waals surface area contributed by atoms with E-state index in [2.05, 4.69) is 16.8 Å². The van der Waals surface area contributed by atoms with Gasteiger partial charge < -0.3 is 5.32 Å². The molecule has 23 heavy (non-hydrogen) atoms. The number of hydrogen-bond acceptors (Lipinski definition) is 2. The molecule has 0 unspecified atom stereocenters. The van der Waals surface area contributed by atoms with Crippen LogP contribution in [0.25, 0.3) is 0 Å². The monoisotopic (exact) mass is 370 g/mol. The summed E-state index contributed by atoms with van der Waals surface area (Å²) in [5, 5.41) is 3.23. The molecule has 1 aromatic rings. The quantitative estimate of drug-likeness (QED) is 0.787. The first kappa shape index (κ1) is 22.2. The van der Waals surface area contributed by atoms with Gasteiger partial charge in [0, 0.05) is 32.2 Å². The van der Waals surface area contributed by atoms with Crippen LogP contribution in [0.15, 0.2) is 36.4 Å². The zero-order valence-electron chi connectivity index (χ0n) is 13.0. The first-order valence-electron chi connectivity index (χ1n) is 7.15. The van der Waals surface area contributed by atoms with Gasteiger partial charge in [0.05, 0.1) is 5.56 Å². The lowest BCUT2D eigenvalue weighted by molar-refractivity contribution is -0.138. The average Bonchev–Trinajstić information content (AvgIpc) is 2.44. The molecule has 1 N–H and O–H groups in total. The van der Waals surface area contributed by atoms with Crippen LogP contribution in [0.5, 0.6) is 0 Å². The molecule has 0 radical (unpaired) electrons. The van der Waals surface area contributed by atoms with Gasteiger partial charge >= 0.3 is 6.18 Å². The zero-order valence-corrected chi connectivity index (χ0v) is 14.7. The molecule has 0 spiro atoms. The summed E-state index contributed by atoms with van der Waals surface area (Å²) in [6.07, 6.45) is -3.77. The number of nitrogens with one attached hydrogen (secondary N) is 1. The van der Waals surface area contributed by atoms with Gasteiger partial charge in [0.1, 0.15) is 0 Å². The van der Waals surface area contributed by atoms with Crippen molar-refractivity contribution in [2.45, 2.75) is 25.6 Å². The molecule has 1 aromatic carbocycles. The number of halogens is 5. The minimum Gasteiger partial charge on any atom is -0.314 e. The number of hydrogen-bond donors (Lipinski definition) is 1. The molecule has 0 amide bonds. The molecule has 2 nitrogen and oxygen atoms in total. The highest BCUT2D eigenvalue weighted by molar-refractivity contribution is 5.85. The SMILES string of the molecule is C=C(C)C[C@H](c1ccccc1C(F)(F)F)N1CCNCC1.Cl.Cl. The van der Waals surface area contributed by atoms with Gasteiger partial charge in [0.25, 0.3) is 0 Å². The Kier molecular flexibility index (Phi) is 9.21. The Morgan fingerprint density at radius 2 is 1.78 bits per heavy atom. The lowest BCUT2D eigenvalue weighted by Crippen LogP contribution is -2.45. The first-order valence-corrected chi connectivity index (χ1v) is 7.15. The van der Waals surface area contributed by atoms with Crippen molar-refractivity contribution in [1.29, 1.82) is 0 Å². The van der Waals surface area contributed by atoms with Crippen LogP contribution in [0.2, 0.25) is 0 Å². The predicted octanol–water partition coefficient (Wildman–Crippen LogP) is 4.46. The Labute approximate surface area is 147 Å². The molecule has 1 atom stereocenters. The predicted molar refractivity (Wildman–Crippen MR) is 92.6 cm³/mol. The third-order valence-electron chi connectivity index (χ3n) is 3.76. The second-order valence-electron chi connectivity index (χ2n) is 5.55. The van der Waals surface area contributed by atoms with Crippen LogP contribution in [0, 0.1) is 0 Å². The maximum Gasteiger partial charge on any atom is 0.416 e.